The minimum atomic E-state index is -0.292. The predicted octanol–water partition coefficient (Wildman–Crippen LogP) is 1.93. The van der Waals surface area contributed by atoms with Gasteiger partial charge in [0.25, 0.3) is 0 Å². The Bertz CT molecular complexity index is 732. The fourth-order valence-corrected chi connectivity index (χ4v) is 3.10. The first-order valence-corrected chi connectivity index (χ1v) is 8.81. The Balaban J connectivity index is 1.43. The molecule has 1 unspecified atom stereocenters. The summed E-state index contributed by atoms with van der Waals surface area (Å²) in [6, 6.07) is 5.02. The molecule has 3 heterocycles. The van der Waals surface area contributed by atoms with Crippen LogP contribution >= 0.6 is 0 Å². The zero-order valence-corrected chi connectivity index (χ0v) is 15.0. The van der Waals surface area contributed by atoms with Gasteiger partial charge in [-0.2, -0.15) is 0 Å². The van der Waals surface area contributed by atoms with Gasteiger partial charge in [0.15, 0.2) is 5.82 Å². The topological polar surface area (TPSA) is 101 Å². The van der Waals surface area contributed by atoms with E-state index in [0.717, 1.165) is 18.6 Å². The van der Waals surface area contributed by atoms with Gasteiger partial charge in [0.05, 0.1) is 18.8 Å². The zero-order chi connectivity index (χ0) is 18.5. The summed E-state index contributed by atoms with van der Waals surface area (Å²) in [5.41, 5.74) is 0. The molecule has 2 N–H and O–H groups in total. The van der Waals surface area contributed by atoms with E-state index in [1.54, 1.807) is 25.3 Å². The number of carbonyl (C=O) groups excluding carboxylic acids is 2. The van der Waals surface area contributed by atoms with Gasteiger partial charge in [-0.05, 0) is 51.9 Å². The van der Waals surface area contributed by atoms with Crippen LogP contribution in [0.2, 0.25) is 0 Å². The molecule has 1 saturated heterocycles. The molecule has 0 aromatic carbocycles. The van der Waals surface area contributed by atoms with Crippen LogP contribution in [-0.2, 0) is 16.1 Å². The number of rotatable bonds is 6. The van der Waals surface area contributed by atoms with Gasteiger partial charge in [-0.3, -0.25) is 14.5 Å². The number of furan rings is 1. The average Bonchev–Trinajstić information content (AvgIpc) is 3.31. The lowest BCUT2D eigenvalue weighted by atomic mass is 9.95. The fraction of sp³-hybridized carbons (Fsp3) is 0.500. The Morgan fingerprint density at radius 3 is 2.77 bits per heavy atom. The van der Waals surface area contributed by atoms with Crippen molar-refractivity contribution in [2.24, 2.45) is 5.92 Å². The maximum absolute atomic E-state index is 12.3. The highest BCUT2D eigenvalue weighted by Gasteiger charge is 2.30. The third kappa shape index (κ3) is 4.51. The van der Waals surface area contributed by atoms with E-state index >= 15 is 0 Å². The molecule has 8 heteroatoms. The van der Waals surface area contributed by atoms with Crippen LogP contribution in [0.25, 0.3) is 0 Å². The molecule has 1 aliphatic rings. The van der Waals surface area contributed by atoms with Crippen LogP contribution in [0, 0.1) is 12.8 Å². The molecule has 0 radical (unpaired) electrons. The monoisotopic (exact) mass is 360 g/mol. The second-order valence-corrected chi connectivity index (χ2v) is 6.60. The Labute approximate surface area is 151 Å². The van der Waals surface area contributed by atoms with Crippen molar-refractivity contribution in [1.82, 2.24) is 15.4 Å². The Hall–Kier alpha value is -2.61. The van der Waals surface area contributed by atoms with Crippen LogP contribution in [0.4, 0.5) is 5.82 Å². The van der Waals surface area contributed by atoms with Gasteiger partial charge >= 0.3 is 0 Å². The number of nitrogens with one attached hydrogen (secondary N) is 2. The highest BCUT2D eigenvalue weighted by atomic mass is 16.5. The van der Waals surface area contributed by atoms with E-state index in [9.17, 15) is 9.59 Å². The average molecular weight is 360 g/mol. The standard InChI is InChI=1S/C18H24N4O4/c1-12-10-16(21-26-12)20-17(23)13(2)22-7-5-14(6-8-22)18(24)19-11-15-4-3-9-25-15/h3-4,9-10,13-14H,5-8,11H2,1-2H3,(H,19,24)(H,20,21,23). The highest BCUT2D eigenvalue weighted by Crippen LogP contribution is 2.20. The number of hydrogen-bond donors (Lipinski definition) is 2. The van der Waals surface area contributed by atoms with E-state index in [4.69, 9.17) is 8.94 Å². The van der Waals surface area contributed by atoms with E-state index in [1.165, 1.54) is 0 Å². The first kappa shape index (κ1) is 18.2. The Kier molecular flexibility index (Phi) is 5.72. The SMILES string of the molecule is Cc1cc(NC(=O)C(C)N2CCC(C(=O)NCc3ccco3)CC2)no1. The molecule has 1 fully saturated rings. The van der Waals surface area contributed by atoms with Gasteiger partial charge in [-0.15, -0.1) is 0 Å². The summed E-state index contributed by atoms with van der Waals surface area (Å²) >= 11 is 0. The van der Waals surface area contributed by atoms with Crippen molar-refractivity contribution in [3.8, 4) is 0 Å². The second-order valence-electron chi connectivity index (χ2n) is 6.60. The van der Waals surface area contributed by atoms with Crippen LogP contribution in [0.15, 0.2) is 33.4 Å². The van der Waals surface area contributed by atoms with E-state index < -0.39 is 0 Å². The molecule has 2 amide bonds. The molecule has 140 valence electrons. The maximum Gasteiger partial charge on any atom is 0.242 e. The molecule has 2 aromatic heterocycles. The van der Waals surface area contributed by atoms with Crippen molar-refractivity contribution >= 4 is 17.6 Å². The predicted molar refractivity (Wildman–Crippen MR) is 94.2 cm³/mol. The molecule has 0 spiro atoms. The van der Waals surface area contributed by atoms with E-state index in [0.29, 0.717) is 31.2 Å². The zero-order valence-electron chi connectivity index (χ0n) is 15.0. The Morgan fingerprint density at radius 1 is 1.38 bits per heavy atom. The van der Waals surface area contributed by atoms with Gasteiger partial charge in [-0.25, -0.2) is 0 Å². The fourth-order valence-electron chi connectivity index (χ4n) is 3.10. The number of amides is 2. The summed E-state index contributed by atoms with van der Waals surface area (Å²) in [6.45, 7) is 5.44. The van der Waals surface area contributed by atoms with Crippen molar-refractivity contribution in [3.63, 3.8) is 0 Å². The van der Waals surface area contributed by atoms with Gasteiger partial charge in [-0.1, -0.05) is 5.16 Å². The van der Waals surface area contributed by atoms with Crippen molar-refractivity contribution < 1.29 is 18.5 Å². The van der Waals surface area contributed by atoms with E-state index in [-0.39, 0.29) is 23.8 Å². The summed E-state index contributed by atoms with van der Waals surface area (Å²) in [6.07, 6.45) is 3.04. The lowest BCUT2D eigenvalue weighted by Gasteiger charge is -2.34. The summed E-state index contributed by atoms with van der Waals surface area (Å²) in [5.74, 6) is 1.69. The molecule has 2 aromatic rings. The smallest absolute Gasteiger partial charge is 0.242 e. The molecular weight excluding hydrogens is 336 g/mol. The van der Waals surface area contributed by atoms with Gasteiger partial charge in [0.1, 0.15) is 11.5 Å². The summed E-state index contributed by atoms with van der Waals surface area (Å²) in [4.78, 5) is 26.7. The molecule has 1 atom stereocenters. The first-order chi connectivity index (χ1) is 12.5. The van der Waals surface area contributed by atoms with Crippen molar-refractivity contribution in [2.45, 2.75) is 39.3 Å². The number of hydrogen-bond acceptors (Lipinski definition) is 6. The summed E-state index contributed by atoms with van der Waals surface area (Å²) in [7, 11) is 0. The molecular formula is C18H24N4O4. The number of aromatic nitrogens is 1. The number of carbonyl (C=O) groups is 2. The largest absolute Gasteiger partial charge is 0.467 e. The number of aryl methyl sites for hydroxylation is 1. The molecule has 8 nitrogen and oxygen atoms in total. The maximum atomic E-state index is 12.3. The van der Waals surface area contributed by atoms with Gasteiger partial charge in [0, 0.05) is 12.0 Å². The van der Waals surface area contributed by atoms with Gasteiger partial charge in [0.2, 0.25) is 11.8 Å². The van der Waals surface area contributed by atoms with Crippen LogP contribution in [0.1, 0.15) is 31.3 Å². The van der Waals surface area contributed by atoms with Crippen LogP contribution in [0.5, 0.6) is 0 Å². The lowest BCUT2D eigenvalue weighted by molar-refractivity contribution is -0.127. The number of anilines is 1. The molecule has 26 heavy (non-hydrogen) atoms. The molecule has 3 rings (SSSR count). The highest BCUT2D eigenvalue weighted by molar-refractivity contribution is 5.93. The molecule has 0 aliphatic carbocycles. The first-order valence-electron chi connectivity index (χ1n) is 8.81. The van der Waals surface area contributed by atoms with Crippen LogP contribution < -0.4 is 10.6 Å². The lowest BCUT2D eigenvalue weighted by Crippen LogP contribution is -2.48. The minimum Gasteiger partial charge on any atom is -0.467 e. The van der Waals surface area contributed by atoms with E-state index in [2.05, 4.69) is 20.7 Å². The van der Waals surface area contributed by atoms with E-state index in [1.807, 2.05) is 13.0 Å². The van der Waals surface area contributed by atoms with Crippen LogP contribution in [-0.4, -0.2) is 41.0 Å². The van der Waals surface area contributed by atoms with Crippen molar-refractivity contribution in [1.29, 1.82) is 0 Å². The number of piperidine rings is 1. The third-order valence-electron chi connectivity index (χ3n) is 4.72. The summed E-state index contributed by atoms with van der Waals surface area (Å²) in [5, 5.41) is 9.44. The molecule has 0 saturated carbocycles. The second kappa shape index (κ2) is 8.18. The normalized spacial score (nSPS) is 17.0. The molecule has 0 bridgehead atoms. The van der Waals surface area contributed by atoms with Crippen LogP contribution in [0.3, 0.4) is 0 Å². The minimum absolute atomic E-state index is 0.0327. The number of nitrogens with zero attached hydrogens (tertiary/aromatic N) is 2. The van der Waals surface area contributed by atoms with Gasteiger partial charge < -0.3 is 19.6 Å². The quantitative estimate of drug-likeness (QED) is 0.816. The molecule has 1 aliphatic heterocycles. The Morgan fingerprint density at radius 2 is 2.15 bits per heavy atom. The summed E-state index contributed by atoms with van der Waals surface area (Å²) < 4.78 is 10.2. The van der Waals surface area contributed by atoms with Crippen molar-refractivity contribution in [2.75, 3.05) is 18.4 Å². The number of likely N-dealkylation sites (tertiary alicyclic amines) is 1. The van der Waals surface area contributed by atoms with Crippen molar-refractivity contribution in [3.05, 3.63) is 36.0 Å². The third-order valence-corrected chi connectivity index (χ3v) is 4.72.